The molecule has 0 N–H and O–H groups in total. The minimum absolute atomic E-state index is 0.131. The second-order valence-corrected chi connectivity index (χ2v) is 5.88. The van der Waals surface area contributed by atoms with Crippen LogP contribution >= 0.6 is 23.2 Å². The first-order chi connectivity index (χ1) is 11.1. The van der Waals surface area contributed by atoms with Crippen molar-refractivity contribution in [3.8, 4) is 11.3 Å². The molecule has 0 radical (unpaired) electrons. The van der Waals surface area contributed by atoms with E-state index in [1.54, 1.807) is 31.3 Å². The fourth-order valence-corrected chi connectivity index (χ4v) is 2.58. The minimum Gasteiger partial charge on any atom is -0.459 e. The van der Waals surface area contributed by atoms with Crippen LogP contribution in [0.15, 0.2) is 42.6 Å². The van der Waals surface area contributed by atoms with Crippen LogP contribution in [0.4, 0.5) is 0 Å². The molecule has 3 aromatic rings. The Bertz CT molecular complexity index is 857. The van der Waals surface area contributed by atoms with E-state index in [9.17, 15) is 4.79 Å². The summed E-state index contributed by atoms with van der Waals surface area (Å²) >= 11 is 12.0. The van der Waals surface area contributed by atoms with Crippen LogP contribution in [-0.4, -0.2) is 15.4 Å². The highest BCUT2D eigenvalue weighted by molar-refractivity contribution is 6.30. The number of halogens is 2. The van der Waals surface area contributed by atoms with Gasteiger partial charge in [0.05, 0.1) is 16.4 Å². The quantitative estimate of drug-likeness (QED) is 0.638. The van der Waals surface area contributed by atoms with Gasteiger partial charge in [-0.2, -0.15) is 0 Å². The third-order valence-corrected chi connectivity index (χ3v) is 3.93. The standard InChI is InChI=1S/C17H14Cl2N2O2/c1-2-16(22)23-10-14-17(11-3-5-12(18)6-4-11)20-15-8-7-13(19)9-21(14)15/h3-9H,2,10H2,1H3. The molecular formula is C17H14Cl2N2O2. The van der Waals surface area contributed by atoms with Crippen molar-refractivity contribution in [3.63, 3.8) is 0 Å². The summed E-state index contributed by atoms with van der Waals surface area (Å²) in [6.07, 6.45) is 2.09. The van der Waals surface area contributed by atoms with Crippen molar-refractivity contribution in [1.29, 1.82) is 0 Å². The summed E-state index contributed by atoms with van der Waals surface area (Å²) in [4.78, 5) is 16.1. The van der Waals surface area contributed by atoms with Gasteiger partial charge in [-0.3, -0.25) is 9.20 Å². The van der Waals surface area contributed by atoms with E-state index in [2.05, 4.69) is 4.98 Å². The molecule has 23 heavy (non-hydrogen) atoms. The highest BCUT2D eigenvalue weighted by Crippen LogP contribution is 2.27. The number of esters is 1. The smallest absolute Gasteiger partial charge is 0.305 e. The van der Waals surface area contributed by atoms with E-state index < -0.39 is 0 Å². The van der Waals surface area contributed by atoms with Crippen LogP contribution in [-0.2, 0) is 16.1 Å². The van der Waals surface area contributed by atoms with Crippen molar-refractivity contribution in [1.82, 2.24) is 9.38 Å². The van der Waals surface area contributed by atoms with E-state index in [1.807, 2.05) is 22.6 Å². The number of carbonyl (C=O) groups excluding carboxylic acids is 1. The average molecular weight is 349 g/mol. The molecule has 1 aromatic carbocycles. The SMILES string of the molecule is CCC(=O)OCc1c(-c2ccc(Cl)cc2)nc2ccc(Cl)cn12. The number of hydrogen-bond acceptors (Lipinski definition) is 3. The number of nitrogens with zero attached hydrogens (tertiary/aromatic N) is 2. The van der Waals surface area contributed by atoms with E-state index in [1.165, 1.54) is 0 Å². The first kappa shape index (κ1) is 15.8. The molecule has 0 unspecified atom stereocenters. The zero-order chi connectivity index (χ0) is 16.4. The van der Waals surface area contributed by atoms with E-state index >= 15 is 0 Å². The van der Waals surface area contributed by atoms with Gasteiger partial charge in [0.15, 0.2) is 0 Å². The van der Waals surface area contributed by atoms with Gasteiger partial charge < -0.3 is 4.74 Å². The van der Waals surface area contributed by atoms with E-state index in [0.29, 0.717) is 16.5 Å². The monoisotopic (exact) mass is 348 g/mol. The Labute approximate surface area is 143 Å². The van der Waals surface area contributed by atoms with Crippen LogP contribution in [0, 0.1) is 0 Å². The maximum Gasteiger partial charge on any atom is 0.305 e. The maximum atomic E-state index is 11.5. The summed E-state index contributed by atoms with van der Waals surface area (Å²) in [6.45, 7) is 1.89. The summed E-state index contributed by atoms with van der Waals surface area (Å²) in [6, 6.07) is 11.0. The molecule has 0 fully saturated rings. The lowest BCUT2D eigenvalue weighted by atomic mass is 10.1. The van der Waals surface area contributed by atoms with Crippen LogP contribution in [0.25, 0.3) is 16.9 Å². The molecule has 0 atom stereocenters. The Morgan fingerprint density at radius 1 is 1.13 bits per heavy atom. The van der Waals surface area contributed by atoms with Crippen molar-refractivity contribution in [3.05, 3.63) is 58.3 Å². The van der Waals surface area contributed by atoms with Crippen molar-refractivity contribution in [2.45, 2.75) is 20.0 Å². The van der Waals surface area contributed by atoms with Gasteiger partial charge in [-0.25, -0.2) is 4.98 Å². The summed E-state index contributed by atoms with van der Waals surface area (Å²) in [5.74, 6) is -0.260. The second-order valence-electron chi connectivity index (χ2n) is 5.00. The summed E-state index contributed by atoms with van der Waals surface area (Å²) < 4.78 is 7.14. The fraction of sp³-hybridized carbons (Fsp3) is 0.176. The summed E-state index contributed by atoms with van der Waals surface area (Å²) in [5.41, 5.74) is 3.15. The summed E-state index contributed by atoms with van der Waals surface area (Å²) in [7, 11) is 0. The molecule has 6 heteroatoms. The molecule has 118 valence electrons. The number of rotatable bonds is 4. The van der Waals surface area contributed by atoms with Crippen LogP contribution in [0.1, 0.15) is 19.0 Å². The lowest BCUT2D eigenvalue weighted by Gasteiger charge is -2.07. The van der Waals surface area contributed by atoms with Crippen molar-refractivity contribution >= 4 is 34.8 Å². The second kappa shape index (κ2) is 6.60. The van der Waals surface area contributed by atoms with Gasteiger partial charge >= 0.3 is 5.97 Å². The molecule has 4 nitrogen and oxygen atoms in total. The Balaban J connectivity index is 2.11. The number of imidazole rings is 1. The number of fused-ring (bicyclic) bond motifs is 1. The molecular weight excluding hydrogens is 335 g/mol. The highest BCUT2D eigenvalue weighted by atomic mass is 35.5. The molecule has 0 amide bonds. The zero-order valence-corrected chi connectivity index (χ0v) is 13.9. The molecule has 0 spiro atoms. The molecule has 2 heterocycles. The Kier molecular flexibility index (Phi) is 4.55. The van der Waals surface area contributed by atoms with Crippen LogP contribution in [0.5, 0.6) is 0 Å². The number of benzene rings is 1. The minimum atomic E-state index is -0.260. The molecule has 0 aliphatic carbocycles. The lowest BCUT2D eigenvalue weighted by molar-refractivity contribution is -0.144. The van der Waals surface area contributed by atoms with Gasteiger partial charge in [-0.1, -0.05) is 42.3 Å². The van der Waals surface area contributed by atoms with E-state index in [0.717, 1.165) is 22.6 Å². The van der Waals surface area contributed by atoms with Gasteiger partial charge in [-0.05, 0) is 24.3 Å². The van der Waals surface area contributed by atoms with E-state index in [4.69, 9.17) is 27.9 Å². The molecule has 0 saturated carbocycles. The Morgan fingerprint density at radius 3 is 2.52 bits per heavy atom. The highest BCUT2D eigenvalue weighted by Gasteiger charge is 2.16. The number of aromatic nitrogens is 2. The first-order valence-electron chi connectivity index (χ1n) is 7.16. The van der Waals surface area contributed by atoms with Crippen molar-refractivity contribution in [2.75, 3.05) is 0 Å². The molecule has 0 aliphatic rings. The predicted octanol–water partition coefficient (Wildman–Crippen LogP) is 4.76. The van der Waals surface area contributed by atoms with Gasteiger partial charge in [0.2, 0.25) is 0 Å². The van der Waals surface area contributed by atoms with Gasteiger partial charge in [0.25, 0.3) is 0 Å². The topological polar surface area (TPSA) is 43.6 Å². The fourth-order valence-electron chi connectivity index (χ4n) is 2.30. The van der Waals surface area contributed by atoms with Gasteiger partial charge in [0, 0.05) is 23.2 Å². The van der Waals surface area contributed by atoms with Crippen molar-refractivity contribution in [2.24, 2.45) is 0 Å². The van der Waals surface area contributed by atoms with Crippen LogP contribution < -0.4 is 0 Å². The predicted molar refractivity (Wildman–Crippen MR) is 90.7 cm³/mol. The van der Waals surface area contributed by atoms with Crippen LogP contribution in [0.3, 0.4) is 0 Å². The average Bonchev–Trinajstić information content (AvgIpc) is 2.91. The normalized spacial score (nSPS) is 10.9. The Hall–Kier alpha value is -2.04. The summed E-state index contributed by atoms with van der Waals surface area (Å²) in [5, 5.41) is 1.24. The van der Waals surface area contributed by atoms with Crippen molar-refractivity contribution < 1.29 is 9.53 Å². The Morgan fingerprint density at radius 2 is 1.83 bits per heavy atom. The molecule has 0 aliphatic heterocycles. The first-order valence-corrected chi connectivity index (χ1v) is 7.92. The van der Waals surface area contributed by atoms with Gasteiger partial charge in [0.1, 0.15) is 12.3 Å². The number of pyridine rings is 1. The molecule has 0 saturated heterocycles. The van der Waals surface area contributed by atoms with E-state index in [-0.39, 0.29) is 12.6 Å². The molecule has 2 aromatic heterocycles. The maximum absolute atomic E-state index is 11.5. The molecule has 3 rings (SSSR count). The largest absolute Gasteiger partial charge is 0.459 e. The third-order valence-electron chi connectivity index (χ3n) is 3.46. The lowest BCUT2D eigenvalue weighted by Crippen LogP contribution is -2.05. The zero-order valence-electron chi connectivity index (χ0n) is 12.4. The number of carbonyl (C=O) groups is 1. The third kappa shape index (κ3) is 3.33. The number of hydrogen-bond donors (Lipinski definition) is 0. The van der Waals surface area contributed by atoms with Crippen LogP contribution in [0.2, 0.25) is 10.0 Å². The number of ether oxygens (including phenoxy) is 1. The molecule has 0 bridgehead atoms. The van der Waals surface area contributed by atoms with Gasteiger partial charge in [-0.15, -0.1) is 0 Å².